The second-order valence-electron chi connectivity index (χ2n) is 3.04. The molecule has 1 heterocycles. The molecule has 0 bridgehead atoms. The van der Waals surface area contributed by atoms with Crippen molar-refractivity contribution >= 4 is 11.1 Å². The Hall–Kier alpha value is -2.06. The summed E-state index contributed by atoms with van der Waals surface area (Å²) in [6.07, 6.45) is -5.58. The van der Waals surface area contributed by atoms with Crippen molar-refractivity contribution in [3.05, 3.63) is 18.2 Å². The zero-order valence-corrected chi connectivity index (χ0v) is 8.37. The molecule has 1 aromatic heterocycles. The maximum atomic E-state index is 11.9. The molecular formula is C9H4F5NO3. The lowest BCUT2D eigenvalue weighted by Crippen LogP contribution is -2.16. The van der Waals surface area contributed by atoms with Gasteiger partial charge >= 0.3 is 19.1 Å². The number of fused-ring (bicyclic) bond motifs is 1. The summed E-state index contributed by atoms with van der Waals surface area (Å²) in [4.78, 5) is 3.48. The molecule has 98 valence electrons. The number of hydrogen-bond donors (Lipinski definition) is 0. The third kappa shape index (κ3) is 2.99. The van der Waals surface area contributed by atoms with Crippen LogP contribution in [0.1, 0.15) is 0 Å². The number of aromatic nitrogens is 1. The molecule has 18 heavy (non-hydrogen) atoms. The average molecular weight is 269 g/mol. The van der Waals surface area contributed by atoms with Crippen LogP contribution in [0, 0.1) is 0 Å². The van der Waals surface area contributed by atoms with Gasteiger partial charge in [0.05, 0.1) is 0 Å². The van der Waals surface area contributed by atoms with Crippen LogP contribution < -0.4 is 9.47 Å². The molecule has 0 aliphatic rings. The Bertz CT molecular complexity index is 551. The SMILES string of the molecule is FC(F)Oc1nc2ccc(OC(F)(F)F)cc2o1. The fourth-order valence-corrected chi connectivity index (χ4v) is 1.21. The number of nitrogens with zero attached hydrogens (tertiary/aromatic N) is 1. The van der Waals surface area contributed by atoms with Crippen LogP contribution >= 0.6 is 0 Å². The van der Waals surface area contributed by atoms with Gasteiger partial charge in [0.1, 0.15) is 11.3 Å². The maximum absolute atomic E-state index is 11.9. The third-order valence-corrected chi connectivity index (χ3v) is 1.76. The average Bonchev–Trinajstić information content (AvgIpc) is 2.55. The van der Waals surface area contributed by atoms with Gasteiger partial charge in [0.15, 0.2) is 5.58 Å². The van der Waals surface area contributed by atoms with Gasteiger partial charge in [-0.25, -0.2) is 0 Å². The second kappa shape index (κ2) is 4.31. The van der Waals surface area contributed by atoms with Gasteiger partial charge in [0.2, 0.25) is 0 Å². The van der Waals surface area contributed by atoms with E-state index in [0.717, 1.165) is 18.2 Å². The summed E-state index contributed by atoms with van der Waals surface area (Å²) in [5, 5.41) is 0. The van der Waals surface area contributed by atoms with Gasteiger partial charge in [0.25, 0.3) is 0 Å². The van der Waals surface area contributed by atoms with E-state index in [2.05, 4.69) is 18.9 Å². The fourth-order valence-electron chi connectivity index (χ4n) is 1.21. The van der Waals surface area contributed by atoms with E-state index in [0.29, 0.717) is 0 Å². The normalized spacial score (nSPS) is 12.1. The van der Waals surface area contributed by atoms with Gasteiger partial charge in [-0.15, -0.1) is 13.2 Å². The molecule has 0 saturated carbocycles. The molecule has 0 aliphatic heterocycles. The van der Waals surface area contributed by atoms with E-state index in [9.17, 15) is 22.0 Å². The fraction of sp³-hybridized carbons (Fsp3) is 0.222. The molecule has 2 rings (SSSR count). The van der Waals surface area contributed by atoms with Crippen LogP contribution in [0.3, 0.4) is 0 Å². The highest BCUT2D eigenvalue weighted by molar-refractivity contribution is 5.74. The standard InChI is InChI=1S/C9H4F5NO3/c10-7(11)17-8-15-5-2-1-4(3-6(5)16-8)18-9(12,13)14/h1-3,7H. The lowest BCUT2D eigenvalue weighted by atomic mass is 10.3. The van der Waals surface area contributed by atoms with Crippen molar-refractivity contribution in [2.24, 2.45) is 0 Å². The monoisotopic (exact) mass is 269 g/mol. The Labute approximate surface area is 95.9 Å². The number of hydrogen-bond acceptors (Lipinski definition) is 4. The minimum atomic E-state index is -4.85. The molecule has 0 atom stereocenters. The second-order valence-corrected chi connectivity index (χ2v) is 3.04. The molecule has 0 N–H and O–H groups in total. The predicted molar refractivity (Wildman–Crippen MR) is 47.3 cm³/mol. The van der Waals surface area contributed by atoms with E-state index in [-0.39, 0.29) is 11.1 Å². The molecule has 0 saturated heterocycles. The summed E-state index contributed by atoms with van der Waals surface area (Å²) in [5.74, 6) is -0.547. The number of oxazole rings is 1. The summed E-state index contributed by atoms with van der Waals surface area (Å²) in [6.45, 7) is -3.14. The number of ether oxygens (including phenoxy) is 2. The minimum Gasteiger partial charge on any atom is -0.409 e. The highest BCUT2D eigenvalue weighted by Crippen LogP contribution is 2.28. The first-order chi connectivity index (χ1) is 8.33. The highest BCUT2D eigenvalue weighted by atomic mass is 19.4. The maximum Gasteiger partial charge on any atom is 0.573 e. The van der Waals surface area contributed by atoms with E-state index in [1.165, 1.54) is 0 Å². The van der Waals surface area contributed by atoms with Crippen LogP contribution in [0.5, 0.6) is 11.8 Å². The lowest BCUT2D eigenvalue weighted by molar-refractivity contribution is -0.274. The lowest BCUT2D eigenvalue weighted by Gasteiger charge is -2.07. The van der Waals surface area contributed by atoms with Crippen molar-refractivity contribution in [2.75, 3.05) is 0 Å². The van der Waals surface area contributed by atoms with Crippen molar-refractivity contribution in [3.63, 3.8) is 0 Å². The molecule has 0 spiro atoms. The summed E-state index contributed by atoms with van der Waals surface area (Å²) >= 11 is 0. The van der Waals surface area contributed by atoms with E-state index in [1.807, 2.05) is 0 Å². The number of benzene rings is 1. The van der Waals surface area contributed by atoms with Crippen LogP contribution in [0.2, 0.25) is 0 Å². The van der Waals surface area contributed by atoms with Gasteiger partial charge in [-0.3, -0.25) is 0 Å². The van der Waals surface area contributed by atoms with Crippen LogP contribution in [-0.4, -0.2) is 18.0 Å². The van der Waals surface area contributed by atoms with Crippen LogP contribution in [0.4, 0.5) is 22.0 Å². The molecule has 0 unspecified atom stereocenters. The molecule has 1 aromatic carbocycles. The Balaban J connectivity index is 2.28. The van der Waals surface area contributed by atoms with Crippen molar-refractivity contribution < 1.29 is 35.8 Å². The molecule has 9 heteroatoms. The zero-order chi connectivity index (χ0) is 13.3. The Morgan fingerprint density at radius 2 is 1.94 bits per heavy atom. The molecule has 0 amide bonds. The van der Waals surface area contributed by atoms with Gasteiger partial charge < -0.3 is 13.9 Å². The molecule has 4 nitrogen and oxygen atoms in total. The first-order valence-electron chi connectivity index (χ1n) is 4.44. The predicted octanol–water partition coefficient (Wildman–Crippen LogP) is 3.33. The van der Waals surface area contributed by atoms with E-state index >= 15 is 0 Å². The summed E-state index contributed by atoms with van der Waals surface area (Å²) in [6, 6.07) is 2.97. The van der Waals surface area contributed by atoms with E-state index < -0.39 is 24.8 Å². The zero-order valence-electron chi connectivity index (χ0n) is 8.37. The number of alkyl halides is 5. The van der Waals surface area contributed by atoms with Crippen LogP contribution in [0.15, 0.2) is 22.6 Å². The Morgan fingerprint density at radius 1 is 1.22 bits per heavy atom. The minimum absolute atomic E-state index is 0.0696. The van der Waals surface area contributed by atoms with Crippen LogP contribution in [-0.2, 0) is 0 Å². The van der Waals surface area contributed by atoms with Crippen molar-refractivity contribution in [1.82, 2.24) is 4.98 Å². The van der Waals surface area contributed by atoms with Crippen molar-refractivity contribution in [2.45, 2.75) is 13.0 Å². The molecule has 0 fully saturated rings. The largest absolute Gasteiger partial charge is 0.573 e. The van der Waals surface area contributed by atoms with Crippen molar-refractivity contribution in [3.8, 4) is 11.8 Å². The molecular weight excluding hydrogens is 265 g/mol. The summed E-state index contributed by atoms with van der Waals surface area (Å²) < 4.78 is 71.7. The Kier molecular flexibility index (Phi) is 2.97. The number of rotatable bonds is 3. The molecule has 0 radical (unpaired) electrons. The first kappa shape index (κ1) is 12.4. The summed E-state index contributed by atoms with van der Waals surface area (Å²) in [7, 11) is 0. The smallest absolute Gasteiger partial charge is 0.409 e. The van der Waals surface area contributed by atoms with E-state index in [1.54, 1.807) is 0 Å². The van der Waals surface area contributed by atoms with Gasteiger partial charge in [0, 0.05) is 6.07 Å². The number of halogens is 5. The van der Waals surface area contributed by atoms with Gasteiger partial charge in [-0.05, 0) is 12.1 Å². The third-order valence-electron chi connectivity index (χ3n) is 1.76. The van der Waals surface area contributed by atoms with Crippen LogP contribution in [0.25, 0.3) is 11.1 Å². The van der Waals surface area contributed by atoms with Gasteiger partial charge in [-0.2, -0.15) is 13.8 Å². The van der Waals surface area contributed by atoms with Crippen molar-refractivity contribution in [1.29, 1.82) is 0 Å². The highest BCUT2D eigenvalue weighted by Gasteiger charge is 2.31. The van der Waals surface area contributed by atoms with E-state index in [4.69, 9.17) is 0 Å². The molecule has 0 aliphatic carbocycles. The topological polar surface area (TPSA) is 44.5 Å². The first-order valence-corrected chi connectivity index (χ1v) is 4.44. The molecule has 2 aromatic rings. The quantitative estimate of drug-likeness (QED) is 0.802. The van der Waals surface area contributed by atoms with Gasteiger partial charge in [-0.1, -0.05) is 0 Å². The summed E-state index contributed by atoms with van der Waals surface area (Å²) in [5.41, 5.74) is -0.0902. The Morgan fingerprint density at radius 3 is 2.56 bits per heavy atom.